The summed E-state index contributed by atoms with van der Waals surface area (Å²) in [4.78, 5) is 11.4. The van der Waals surface area contributed by atoms with Crippen LogP contribution in [0.2, 0.25) is 0 Å². The van der Waals surface area contributed by atoms with E-state index in [4.69, 9.17) is 4.74 Å². The monoisotopic (exact) mass is 318 g/mol. The zero-order valence-corrected chi connectivity index (χ0v) is 11.7. The van der Waals surface area contributed by atoms with E-state index in [-0.39, 0.29) is 10.9 Å². The first-order chi connectivity index (χ1) is 8.54. The molecular formula is C12H15BrO5. The van der Waals surface area contributed by atoms with Crippen molar-refractivity contribution in [3.8, 4) is 5.75 Å². The molecule has 0 saturated heterocycles. The van der Waals surface area contributed by atoms with E-state index in [1.807, 2.05) is 0 Å². The molecule has 0 aliphatic rings. The number of hydrogen-bond donors (Lipinski definition) is 2. The summed E-state index contributed by atoms with van der Waals surface area (Å²) in [5.74, 6) is -0.228. The molecular weight excluding hydrogens is 304 g/mol. The Kier molecular flexibility index (Phi) is 5.58. The lowest BCUT2D eigenvalue weighted by molar-refractivity contribution is 0.0341. The SMILES string of the molecule is COC(=O)c1ccc(C(O)C(O)CBr)cc1OC. The smallest absolute Gasteiger partial charge is 0.341 e. The number of methoxy groups -OCH3 is 2. The first-order valence-corrected chi connectivity index (χ1v) is 6.35. The molecule has 0 bridgehead atoms. The fourth-order valence-electron chi connectivity index (χ4n) is 1.48. The van der Waals surface area contributed by atoms with Crippen molar-refractivity contribution >= 4 is 21.9 Å². The molecule has 0 saturated carbocycles. The van der Waals surface area contributed by atoms with E-state index in [1.165, 1.54) is 26.4 Å². The second-order valence-corrected chi connectivity index (χ2v) is 4.27. The quantitative estimate of drug-likeness (QED) is 0.631. The van der Waals surface area contributed by atoms with E-state index in [0.717, 1.165) is 0 Å². The van der Waals surface area contributed by atoms with Crippen molar-refractivity contribution in [2.45, 2.75) is 12.2 Å². The number of rotatable bonds is 5. The van der Waals surface area contributed by atoms with Gasteiger partial charge in [-0.3, -0.25) is 0 Å². The van der Waals surface area contributed by atoms with Crippen molar-refractivity contribution in [1.82, 2.24) is 0 Å². The van der Waals surface area contributed by atoms with Crippen LogP contribution in [0.1, 0.15) is 22.0 Å². The zero-order valence-electron chi connectivity index (χ0n) is 10.1. The number of alkyl halides is 1. The maximum atomic E-state index is 11.4. The standard InChI is InChI=1S/C12H15BrO5/c1-17-10-5-7(11(15)9(14)6-13)3-4-8(10)12(16)18-2/h3-5,9,11,14-15H,6H2,1-2H3. The first-order valence-electron chi connectivity index (χ1n) is 5.23. The minimum atomic E-state index is -1.05. The summed E-state index contributed by atoms with van der Waals surface area (Å²) in [6, 6.07) is 4.54. The van der Waals surface area contributed by atoms with Gasteiger partial charge in [-0.15, -0.1) is 0 Å². The molecule has 100 valence electrons. The Bertz CT molecular complexity index is 421. The molecule has 0 aromatic heterocycles. The van der Waals surface area contributed by atoms with Gasteiger partial charge in [-0.25, -0.2) is 4.79 Å². The van der Waals surface area contributed by atoms with Crippen LogP contribution >= 0.6 is 15.9 Å². The van der Waals surface area contributed by atoms with E-state index in [2.05, 4.69) is 20.7 Å². The van der Waals surface area contributed by atoms with Crippen LogP contribution in [0.4, 0.5) is 0 Å². The summed E-state index contributed by atoms with van der Waals surface area (Å²) in [5.41, 5.74) is 0.732. The van der Waals surface area contributed by atoms with Crippen molar-refractivity contribution in [1.29, 1.82) is 0 Å². The molecule has 1 aromatic rings. The van der Waals surface area contributed by atoms with Crippen LogP contribution in [-0.2, 0) is 4.74 Å². The van der Waals surface area contributed by atoms with Gasteiger partial charge in [-0.2, -0.15) is 0 Å². The molecule has 2 N–H and O–H groups in total. The minimum Gasteiger partial charge on any atom is -0.496 e. The first kappa shape index (κ1) is 14.9. The number of halogens is 1. The highest BCUT2D eigenvalue weighted by molar-refractivity contribution is 9.09. The van der Waals surface area contributed by atoms with Crippen molar-refractivity contribution in [3.63, 3.8) is 0 Å². The van der Waals surface area contributed by atoms with Gasteiger partial charge in [0.05, 0.1) is 20.3 Å². The lowest BCUT2D eigenvalue weighted by atomic mass is 10.0. The number of carbonyl (C=O) groups excluding carboxylic acids is 1. The molecule has 1 aromatic carbocycles. The Hall–Kier alpha value is -1.11. The molecule has 18 heavy (non-hydrogen) atoms. The van der Waals surface area contributed by atoms with E-state index < -0.39 is 18.2 Å². The second kappa shape index (κ2) is 6.72. The third kappa shape index (κ3) is 3.22. The van der Waals surface area contributed by atoms with Gasteiger partial charge in [0.1, 0.15) is 17.4 Å². The van der Waals surface area contributed by atoms with Gasteiger partial charge in [-0.05, 0) is 17.7 Å². The van der Waals surface area contributed by atoms with E-state index in [0.29, 0.717) is 11.3 Å². The fourth-order valence-corrected chi connectivity index (χ4v) is 1.83. The number of benzene rings is 1. The van der Waals surface area contributed by atoms with Crippen LogP contribution in [0, 0.1) is 0 Å². The van der Waals surface area contributed by atoms with Crippen LogP contribution in [-0.4, -0.2) is 41.8 Å². The highest BCUT2D eigenvalue weighted by Gasteiger charge is 2.20. The molecule has 0 aliphatic carbocycles. The normalized spacial score (nSPS) is 13.8. The van der Waals surface area contributed by atoms with Gasteiger partial charge in [0.15, 0.2) is 0 Å². The van der Waals surface area contributed by atoms with Gasteiger partial charge < -0.3 is 19.7 Å². The van der Waals surface area contributed by atoms with Gasteiger partial charge in [0, 0.05) is 5.33 Å². The van der Waals surface area contributed by atoms with E-state index >= 15 is 0 Å². The van der Waals surface area contributed by atoms with Gasteiger partial charge >= 0.3 is 5.97 Å². The number of esters is 1. The van der Waals surface area contributed by atoms with E-state index in [1.54, 1.807) is 6.07 Å². The third-order valence-electron chi connectivity index (χ3n) is 2.49. The lowest BCUT2D eigenvalue weighted by Gasteiger charge is -2.17. The van der Waals surface area contributed by atoms with E-state index in [9.17, 15) is 15.0 Å². The van der Waals surface area contributed by atoms with Crippen molar-refractivity contribution in [2.24, 2.45) is 0 Å². The molecule has 0 fully saturated rings. The highest BCUT2D eigenvalue weighted by Crippen LogP contribution is 2.26. The highest BCUT2D eigenvalue weighted by atomic mass is 79.9. The molecule has 1 rings (SSSR count). The average molecular weight is 319 g/mol. The molecule has 6 heteroatoms. The van der Waals surface area contributed by atoms with Crippen LogP contribution in [0.3, 0.4) is 0 Å². The van der Waals surface area contributed by atoms with Crippen LogP contribution in [0.25, 0.3) is 0 Å². The Morgan fingerprint density at radius 3 is 2.56 bits per heavy atom. The molecule has 0 heterocycles. The number of aliphatic hydroxyl groups is 2. The second-order valence-electron chi connectivity index (χ2n) is 3.62. The van der Waals surface area contributed by atoms with Gasteiger partial charge in [0.25, 0.3) is 0 Å². The third-order valence-corrected chi connectivity index (χ3v) is 3.16. The van der Waals surface area contributed by atoms with Crippen LogP contribution < -0.4 is 4.74 Å². The van der Waals surface area contributed by atoms with Crippen molar-refractivity contribution in [3.05, 3.63) is 29.3 Å². The molecule has 2 unspecified atom stereocenters. The summed E-state index contributed by atoms with van der Waals surface area (Å²) in [7, 11) is 2.69. The summed E-state index contributed by atoms with van der Waals surface area (Å²) in [6.45, 7) is 0. The summed E-state index contributed by atoms with van der Waals surface area (Å²) < 4.78 is 9.68. The maximum absolute atomic E-state index is 11.4. The molecule has 0 amide bonds. The minimum absolute atomic E-state index is 0.245. The van der Waals surface area contributed by atoms with Gasteiger partial charge in [0.2, 0.25) is 0 Å². The number of carbonyl (C=O) groups is 1. The summed E-state index contributed by atoms with van der Waals surface area (Å²) in [5, 5.41) is 19.6. The number of hydrogen-bond acceptors (Lipinski definition) is 5. The molecule has 0 spiro atoms. The topological polar surface area (TPSA) is 76.0 Å². The van der Waals surface area contributed by atoms with Crippen LogP contribution in [0.15, 0.2) is 18.2 Å². The predicted molar refractivity (Wildman–Crippen MR) is 69.1 cm³/mol. The van der Waals surface area contributed by atoms with Gasteiger partial charge in [-0.1, -0.05) is 22.0 Å². The number of aliphatic hydroxyl groups excluding tert-OH is 2. The van der Waals surface area contributed by atoms with Crippen molar-refractivity contribution < 1.29 is 24.5 Å². The average Bonchev–Trinajstić information content (AvgIpc) is 2.43. The molecule has 0 radical (unpaired) electrons. The Balaban J connectivity index is 3.09. The number of ether oxygens (including phenoxy) is 2. The zero-order chi connectivity index (χ0) is 13.7. The summed E-state index contributed by atoms with van der Waals surface area (Å²) >= 11 is 3.08. The largest absolute Gasteiger partial charge is 0.496 e. The lowest BCUT2D eigenvalue weighted by Crippen LogP contribution is -2.19. The Morgan fingerprint density at radius 2 is 2.06 bits per heavy atom. The van der Waals surface area contributed by atoms with Crippen molar-refractivity contribution in [2.75, 3.05) is 19.5 Å². The molecule has 0 aliphatic heterocycles. The fraction of sp³-hybridized carbons (Fsp3) is 0.417. The maximum Gasteiger partial charge on any atom is 0.341 e. The molecule has 5 nitrogen and oxygen atoms in total. The molecule has 2 atom stereocenters. The Labute approximate surface area is 113 Å². The van der Waals surface area contributed by atoms with Crippen LogP contribution in [0.5, 0.6) is 5.75 Å². The Morgan fingerprint density at radius 1 is 1.39 bits per heavy atom. The summed E-state index contributed by atoms with van der Waals surface area (Å²) in [6.07, 6.45) is -1.98. The predicted octanol–water partition coefficient (Wildman–Crippen LogP) is 1.27.